The van der Waals surface area contributed by atoms with Gasteiger partial charge in [0.05, 0.1) is 19.1 Å². The number of rotatable bonds is 6. The first-order valence-electron chi connectivity index (χ1n) is 9.77. The molecule has 0 bridgehead atoms. The fraction of sp³-hybridized carbons (Fsp3) is 0.435. The molecule has 2 aromatic rings. The highest BCUT2D eigenvalue weighted by Crippen LogP contribution is 2.29. The molecule has 0 unspecified atom stereocenters. The van der Waals surface area contributed by atoms with Gasteiger partial charge in [-0.2, -0.15) is 0 Å². The Kier molecular flexibility index (Phi) is 7.37. The molecular formula is C23H30N2O4. The van der Waals surface area contributed by atoms with E-state index >= 15 is 0 Å². The summed E-state index contributed by atoms with van der Waals surface area (Å²) in [6.07, 6.45) is 2.83. The summed E-state index contributed by atoms with van der Waals surface area (Å²) in [4.78, 5) is 28.8. The molecule has 0 saturated heterocycles. The number of nitrogens with one attached hydrogen (secondary N) is 1. The Balaban J connectivity index is 2.37. The number of esters is 1. The van der Waals surface area contributed by atoms with E-state index in [0.29, 0.717) is 5.56 Å². The highest BCUT2D eigenvalue weighted by atomic mass is 16.6. The zero-order chi connectivity index (χ0) is 21.6. The molecule has 6 nitrogen and oxygen atoms in total. The predicted octanol–water partition coefficient (Wildman–Crippen LogP) is 4.88. The van der Waals surface area contributed by atoms with Crippen LogP contribution in [0.2, 0.25) is 0 Å². The first-order valence-corrected chi connectivity index (χ1v) is 9.77. The number of hydrogen-bond acceptors (Lipinski definition) is 5. The Morgan fingerprint density at radius 3 is 2.38 bits per heavy atom. The van der Waals surface area contributed by atoms with Crippen LogP contribution in [0.25, 0.3) is 11.1 Å². The Labute approximate surface area is 172 Å². The van der Waals surface area contributed by atoms with Crippen molar-refractivity contribution in [3.05, 3.63) is 53.3 Å². The van der Waals surface area contributed by atoms with Crippen molar-refractivity contribution in [2.45, 2.75) is 59.6 Å². The molecule has 156 valence electrons. The maximum Gasteiger partial charge on any atom is 0.408 e. The second-order valence-electron chi connectivity index (χ2n) is 7.98. The molecule has 1 heterocycles. The first kappa shape index (κ1) is 22.4. The van der Waals surface area contributed by atoms with Gasteiger partial charge in [0.15, 0.2) is 0 Å². The smallest absolute Gasteiger partial charge is 0.408 e. The van der Waals surface area contributed by atoms with Crippen molar-refractivity contribution in [3.63, 3.8) is 0 Å². The van der Waals surface area contributed by atoms with E-state index in [1.165, 1.54) is 0 Å². The van der Waals surface area contributed by atoms with Crippen LogP contribution in [0.15, 0.2) is 36.7 Å². The largest absolute Gasteiger partial charge is 0.466 e. The van der Waals surface area contributed by atoms with E-state index in [4.69, 9.17) is 9.47 Å². The predicted molar refractivity (Wildman–Crippen MR) is 113 cm³/mol. The molecule has 0 aliphatic rings. The topological polar surface area (TPSA) is 77.5 Å². The zero-order valence-corrected chi connectivity index (χ0v) is 18.0. The number of amides is 1. The Morgan fingerprint density at radius 1 is 1.14 bits per heavy atom. The molecule has 29 heavy (non-hydrogen) atoms. The minimum atomic E-state index is -0.642. The van der Waals surface area contributed by atoms with Crippen molar-refractivity contribution < 1.29 is 19.1 Å². The molecule has 1 aromatic heterocycles. The molecule has 1 N–H and O–H groups in total. The van der Waals surface area contributed by atoms with Crippen LogP contribution in [0.3, 0.4) is 0 Å². The van der Waals surface area contributed by atoms with E-state index < -0.39 is 23.7 Å². The summed E-state index contributed by atoms with van der Waals surface area (Å²) in [6, 6.07) is 7.44. The molecule has 0 aliphatic carbocycles. The number of pyridine rings is 1. The summed E-state index contributed by atoms with van der Waals surface area (Å²) in [5.74, 6) is -0.397. The number of nitrogens with zero attached hydrogens (tertiary/aromatic N) is 1. The standard InChI is InChI=1S/C23H30N2O4/c1-7-28-20(26)12-19(25-22(27)29-23(4,5)6)17-11-18(14-24-13-17)21-15(2)9-8-10-16(21)3/h8-11,13-14,19H,7,12H2,1-6H3,(H,25,27)/t19-/m0/s1. The average Bonchev–Trinajstić information content (AvgIpc) is 2.60. The minimum Gasteiger partial charge on any atom is -0.466 e. The third-order valence-electron chi connectivity index (χ3n) is 4.30. The Morgan fingerprint density at radius 2 is 1.79 bits per heavy atom. The van der Waals surface area contributed by atoms with Gasteiger partial charge in [-0.25, -0.2) is 4.79 Å². The normalized spacial score (nSPS) is 12.2. The number of alkyl carbamates (subject to hydrolysis) is 1. The number of carbonyl (C=O) groups is 2. The van der Waals surface area contributed by atoms with Gasteiger partial charge in [-0.15, -0.1) is 0 Å². The maximum absolute atomic E-state index is 12.3. The van der Waals surface area contributed by atoms with Gasteiger partial charge < -0.3 is 14.8 Å². The molecule has 2 rings (SSSR count). The van der Waals surface area contributed by atoms with E-state index in [1.54, 1.807) is 40.1 Å². The Hall–Kier alpha value is -2.89. The molecule has 1 atom stereocenters. The van der Waals surface area contributed by atoms with Crippen molar-refractivity contribution in [2.75, 3.05) is 6.61 Å². The number of hydrogen-bond donors (Lipinski definition) is 1. The number of benzene rings is 1. The van der Waals surface area contributed by atoms with Crippen LogP contribution in [-0.2, 0) is 14.3 Å². The average molecular weight is 399 g/mol. The van der Waals surface area contributed by atoms with Gasteiger partial charge in [0.1, 0.15) is 5.60 Å². The van der Waals surface area contributed by atoms with Crippen LogP contribution < -0.4 is 5.32 Å². The fourth-order valence-electron chi connectivity index (χ4n) is 3.14. The van der Waals surface area contributed by atoms with Gasteiger partial charge in [0.2, 0.25) is 0 Å². The number of ether oxygens (including phenoxy) is 2. The van der Waals surface area contributed by atoms with Crippen LogP contribution in [0.4, 0.5) is 4.79 Å². The van der Waals surface area contributed by atoms with Gasteiger partial charge in [-0.1, -0.05) is 18.2 Å². The highest BCUT2D eigenvalue weighted by molar-refractivity contribution is 5.74. The Bertz CT molecular complexity index is 851. The monoisotopic (exact) mass is 398 g/mol. The molecule has 0 saturated carbocycles. The first-order chi connectivity index (χ1) is 13.6. The van der Waals surface area contributed by atoms with E-state index in [-0.39, 0.29) is 13.0 Å². The van der Waals surface area contributed by atoms with Gasteiger partial charge in [0, 0.05) is 18.0 Å². The second-order valence-corrected chi connectivity index (χ2v) is 7.98. The van der Waals surface area contributed by atoms with Crippen LogP contribution in [0.5, 0.6) is 0 Å². The molecule has 0 radical (unpaired) electrons. The molecular weight excluding hydrogens is 368 g/mol. The van der Waals surface area contributed by atoms with Crippen LogP contribution in [0.1, 0.15) is 56.8 Å². The highest BCUT2D eigenvalue weighted by Gasteiger charge is 2.24. The SMILES string of the molecule is CCOC(=O)C[C@H](NC(=O)OC(C)(C)C)c1cncc(-c2c(C)cccc2C)c1. The van der Waals surface area contributed by atoms with Crippen molar-refractivity contribution in [1.82, 2.24) is 10.3 Å². The minimum absolute atomic E-state index is 0.00896. The summed E-state index contributed by atoms with van der Waals surface area (Å²) in [6.45, 7) is 11.5. The van der Waals surface area contributed by atoms with Gasteiger partial charge in [0.25, 0.3) is 0 Å². The van der Waals surface area contributed by atoms with Crippen LogP contribution >= 0.6 is 0 Å². The number of carbonyl (C=O) groups excluding carboxylic acids is 2. The molecule has 0 fully saturated rings. The molecule has 6 heteroatoms. The summed E-state index contributed by atoms with van der Waals surface area (Å²) in [5.41, 5.74) is 4.35. The summed E-state index contributed by atoms with van der Waals surface area (Å²) in [5, 5.41) is 2.79. The van der Waals surface area contributed by atoms with Crippen molar-refractivity contribution in [3.8, 4) is 11.1 Å². The fourth-order valence-corrected chi connectivity index (χ4v) is 3.14. The van der Waals surface area contributed by atoms with E-state index in [1.807, 2.05) is 38.1 Å². The lowest BCUT2D eigenvalue weighted by Gasteiger charge is -2.24. The lowest BCUT2D eigenvalue weighted by Crippen LogP contribution is -2.36. The van der Waals surface area contributed by atoms with Gasteiger partial charge in [-0.3, -0.25) is 9.78 Å². The van der Waals surface area contributed by atoms with E-state index in [2.05, 4.69) is 10.3 Å². The lowest BCUT2D eigenvalue weighted by atomic mass is 9.94. The lowest BCUT2D eigenvalue weighted by molar-refractivity contribution is -0.143. The molecule has 1 amide bonds. The van der Waals surface area contributed by atoms with Gasteiger partial charge >= 0.3 is 12.1 Å². The van der Waals surface area contributed by atoms with Gasteiger partial charge in [-0.05, 0) is 69.9 Å². The number of aryl methyl sites for hydroxylation is 2. The molecule has 0 aliphatic heterocycles. The maximum atomic E-state index is 12.3. The van der Waals surface area contributed by atoms with E-state index in [0.717, 1.165) is 22.3 Å². The third-order valence-corrected chi connectivity index (χ3v) is 4.30. The van der Waals surface area contributed by atoms with Crippen LogP contribution in [-0.4, -0.2) is 29.3 Å². The van der Waals surface area contributed by atoms with E-state index in [9.17, 15) is 9.59 Å². The second kappa shape index (κ2) is 9.54. The quantitative estimate of drug-likeness (QED) is 0.702. The van der Waals surface area contributed by atoms with Crippen molar-refractivity contribution in [1.29, 1.82) is 0 Å². The number of aromatic nitrogens is 1. The molecule has 0 spiro atoms. The summed E-state index contributed by atoms with van der Waals surface area (Å²) in [7, 11) is 0. The molecule has 1 aromatic carbocycles. The van der Waals surface area contributed by atoms with Crippen LogP contribution in [0, 0.1) is 13.8 Å². The zero-order valence-electron chi connectivity index (χ0n) is 18.0. The van der Waals surface area contributed by atoms with Crippen molar-refractivity contribution >= 4 is 12.1 Å². The third kappa shape index (κ3) is 6.59. The summed E-state index contributed by atoms with van der Waals surface area (Å²) >= 11 is 0. The summed E-state index contributed by atoms with van der Waals surface area (Å²) < 4.78 is 10.4. The van der Waals surface area contributed by atoms with Crippen molar-refractivity contribution in [2.24, 2.45) is 0 Å².